The van der Waals surface area contributed by atoms with Crippen LogP contribution >= 0.6 is 7.82 Å². The molecule has 0 heterocycles. The fourth-order valence-corrected chi connectivity index (χ4v) is 2.68. The minimum Gasteiger partial charge on any atom is -0.302 e. The molecule has 0 aromatic carbocycles. The van der Waals surface area contributed by atoms with Gasteiger partial charge in [0, 0.05) is 0 Å². The molecule has 0 aliphatic rings. The SMILES string of the molecule is CCC(CC)OP(=O)(O)OC(CC)CC. The van der Waals surface area contributed by atoms with E-state index < -0.39 is 7.82 Å². The first kappa shape index (κ1) is 15.1. The molecule has 0 spiro atoms. The van der Waals surface area contributed by atoms with E-state index in [1.54, 1.807) is 0 Å². The van der Waals surface area contributed by atoms with Gasteiger partial charge in [-0.15, -0.1) is 0 Å². The third-order valence-electron chi connectivity index (χ3n) is 2.39. The van der Waals surface area contributed by atoms with E-state index in [2.05, 4.69) is 0 Å². The fraction of sp³-hybridized carbons (Fsp3) is 1.00. The van der Waals surface area contributed by atoms with Crippen molar-refractivity contribution < 1.29 is 18.5 Å². The molecule has 4 nitrogen and oxygen atoms in total. The summed E-state index contributed by atoms with van der Waals surface area (Å²) >= 11 is 0. The third-order valence-corrected chi connectivity index (χ3v) is 3.52. The van der Waals surface area contributed by atoms with Gasteiger partial charge in [-0.3, -0.25) is 9.05 Å². The van der Waals surface area contributed by atoms with Crippen LogP contribution < -0.4 is 0 Å². The summed E-state index contributed by atoms with van der Waals surface area (Å²) in [5.41, 5.74) is 0. The van der Waals surface area contributed by atoms with Gasteiger partial charge in [-0.05, 0) is 25.7 Å². The van der Waals surface area contributed by atoms with Crippen LogP contribution in [0.3, 0.4) is 0 Å². The Hall–Kier alpha value is 0.110. The van der Waals surface area contributed by atoms with Crippen LogP contribution in [0.2, 0.25) is 0 Å². The fourth-order valence-electron chi connectivity index (χ4n) is 1.28. The van der Waals surface area contributed by atoms with Crippen molar-refractivity contribution in [3.05, 3.63) is 0 Å². The molecule has 5 heteroatoms. The first-order chi connectivity index (χ1) is 6.99. The first-order valence-electron chi connectivity index (χ1n) is 5.68. The lowest BCUT2D eigenvalue weighted by molar-refractivity contribution is 0.0680. The van der Waals surface area contributed by atoms with Gasteiger partial charge in [-0.25, -0.2) is 4.57 Å². The van der Waals surface area contributed by atoms with Crippen molar-refractivity contribution in [2.24, 2.45) is 0 Å². The summed E-state index contributed by atoms with van der Waals surface area (Å²) in [4.78, 5) is 9.49. The molecule has 0 radical (unpaired) electrons. The average Bonchev–Trinajstić information content (AvgIpc) is 2.22. The van der Waals surface area contributed by atoms with Crippen LogP contribution in [0.1, 0.15) is 53.4 Å². The number of phosphoric ester groups is 1. The quantitative estimate of drug-likeness (QED) is 0.657. The molecule has 0 saturated carbocycles. The molecule has 0 aromatic heterocycles. The summed E-state index contributed by atoms with van der Waals surface area (Å²) in [5.74, 6) is 0. The Morgan fingerprint density at radius 3 is 1.40 bits per heavy atom. The Balaban J connectivity index is 4.21. The Morgan fingerprint density at radius 1 is 0.933 bits per heavy atom. The molecule has 0 unspecified atom stereocenters. The number of rotatable bonds is 8. The van der Waals surface area contributed by atoms with E-state index in [-0.39, 0.29) is 12.2 Å². The van der Waals surface area contributed by atoms with Crippen LogP contribution in [0, 0.1) is 0 Å². The molecule has 0 aromatic rings. The molecular weight excluding hydrogens is 215 g/mol. The van der Waals surface area contributed by atoms with Crippen LogP contribution in [0.15, 0.2) is 0 Å². The highest BCUT2D eigenvalue weighted by atomic mass is 31.2. The van der Waals surface area contributed by atoms with E-state index >= 15 is 0 Å². The number of hydrogen-bond donors (Lipinski definition) is 1. The highest BCUT2D eigenvalue weighted by Gasteiger charge is 2.27. The Morgan fingerprint density at radius 2 is 1.20 bits per heavy atom. The van der Waals surface area contributed by atoms with Gasteiger partial charge in [0.05, 0.1) is 12.2 Å². The molecule has 0 bridgehead atoms. The molecule has 0 amide bonds. The van der Waals surface area contributed by atoms with E-state index in [9.17, 15) is 9.46 Å². The summed E-state index contributed by atoms with van der Waals surface area (Å²) in [6.45, 7) is 7.69. The molecular formula is C10H23O4P. The van der Waals surface area contributed by atoms with Crippen molar-refractivity contribution in [3.8, 4) is 0 Å². The highest BCUT2D eigenvalue weighted by Crippen LogP contribution is 2.47. The first-order valence-corrected chi connectivity index (χ1v) is 7.18. The topological polar surface area (TPSA) is 55.8 Å². The molecule has 0 saturated heterocycles. The Bertz CT molecular complexity index is 182. The van der Waals surface area contributed by atoms with Crippen molar-refractivity contribution in [3.63, 3.8) is 0 Å². The molecule has 0 rings (SSSR count). The van der Waals surface area contributed by atoms with E-state index in [0.29, 0.717) is 25.7 Å². The van der Waals surface area contributed by atoms with Crippen molar-refractivity contribution in [2.75, 3.05) is 0 Å². The van der Waals surface area contributed by atoms with Crippen LogP contribution in [-0.2, 0) is 13.6 Å². The lowest BCUT2D eigenvalue weighted by atomic mass is 10.2. The summed E-state index contributed by atoms with van der Waals surface area (Å²) in [7, 11) is -3.87. The average molecular weight is 238 g/mol. The smallest absolute Gasteiger partial charge is 0.302 e. The van der Waals surface area contributed by atoms with Gasteiger partial charge in [0.2, 0.25) is 0 Å². The van der Waals surface area contributed by atoms with Crippen molar-refractivity contribution in [1.82, 2.24) is 0 Å². The van der Waals surface area contributed by atoms with Gasteiger partial charge >= 0.3 is 7.82 Å². The van der Waals surface area contributed by atoms with E-state index in [1.807, 2.05) is 27.7 Å². The van der Waals surface area contributed by atoms with Crippen LogP contribution in [0.25, 0.3) is 0 Å². The van der Waals surface area contributed by atoms with Crippen LogP contribution in [0.5, 0.6) is 0 Å². The lowest BCUT2D eigenvalue weighted by Gasteiger charge is -2.22. The van der Waals surface area contributed by atoms with Crippen molar-refractivity contribution in [1.29, 1.82) is 0 Å². The highest BCUT2D eigenvalue weighted by molar-refractivity contribution is 7.47. The third kappa shape index (κ3) is 6.31. The van der Waals surface area contributed by atoms with E-state index in [4.69, 9.17) is 9.05 Å². The Labute approximate surface area is 92.6 Å². The standard InChI is InChI=1S/C10H23O4P/c1-5-9(6-2)13-15(11,12)14-10(7-3)8-4/h9-10H,5-8H2,1-4H3,(H,11,12). The maximum absolute atomic E-state index is 11.6. The zero-order valence-electron chi connectivity index (χ0n) is 10.1. The number of phosphoric acid groups is 1. The van der Waals surface area contributed by atoms with Gasteiger partial charge in [-0.2, -0.15) is 0 Å². The largest absolute Gasteiger partial charge is 0.472 e. The van der Waals surface area contributed by atoms with Crippen molar-refractivity contribution >= 4 is 7.82 Å². The second-order valence-electron chi connectivity index (χ2n) is 3.56. The second kappa shape index (κ2) is 7.39. The molecule has 0 aliphatic carbocycles. The molecule has 15 heavy (non-hydrogen) atoms. The number of hydrogen-bond acceptors (Lipinski definition) is 3. The molecule has 0 aliphatic heterocycles. The second-order valence-corrected chi connectivity index (χ2v) is 4.92. The summed E-state index contributed by atoms with van der Waals surface area (Å²) in [6, 6.07) is 0. The van der Waals surface area contributed by atoms with E-state index in [1.165, 1.54) is 0 Å². The van der Waals surface area contributed by atoms with Gasteiger partial charge in [0.15, 0.2) is 0 Å². The zero-order valence-corrected chi connectivity index (χ0v) is 11.0. The normalized spacial score (nSPS) is 12.7. The van der Waals surface area contributed by atoms with Gasteiger partial charge in [0.1, 0.15) is 0 Å². The molecule has 0 fully saturated rings. The monoisotopic (exact) mass is 238 g/mol. The minimum atomic E-state index is -3.87. The predicted molar refractivity (Wildman–Crippen MR) is 60.7 cm³/mol. The van der Waals surface area contributed by atoms with Crippen LogP contribution in [0.4, 0.5) is 0 Å². The van der Waals surface area contributed by atoms with Gasteiger partial charge in [-0.1, -0.05) is 27.7 Å². The lowest BCUT2D eigenvalue weighted by Crippen LogP contribution is -2.14. The van der Waals surface area contributed by atoms with Gasteiger partial charge < -0.3 is 4.89 Å². The van der Waals surface area contributed by atoms with Crippen molar-refractivity contribution in [2.45, 2.75) is 65.6 Å². The maximum atomic E-state index is 11.6. The maximum Gasteiger partial charge on any atom is 0.472 e. The summed E-state index contributed by atoms with van der Waals surface area (Å²) in [6.07, 6.45) is 2.46. The summed E-state index contributed by atoms with van der Waals surface area (Å²) in [5, 5.41) is 0. The predicted octanol–water partition coefficient (Wildman–Crippen LogP) is 3.50. The molecule has 0 atom stereocenters. The molecule has 92 valence electrons. The van der Waals surface area contributed by atoms with Gasteiger partial charge in [0.25, 0.3) is 0 Å². The summed E-state index contributed by atoms with van der Waals surface area (Å²) < 4.78 is 21.7. The van der Waals surface area contributed by atoms with E-state index in [0.717, 1.165) is 0 Å². The molecule has 1 N–H and O–H groups in total. The zero-order chi connectivity index (χ0) is 11.9. The van der Waals surface area contributed by atoms with Crippen LogP contribution in [-0.4, -0.2) is 17.1 Å². The minimum absolute atomic E-state index is 0.199. The Kier molecular flexibility index (Phi) is 7.45.